The van der Waals surface area contributed by atoms with Gasteiger partial charge in [-0.25, -0.2) is 4.39 Å². The van der Waals surface area contributed by atoms with Crippen molar-refractivity contribution in [2.24, 2.45) is 0 Å². The van der Waals surface area contributed by atoms with Crippen molar-refractivity contribution in [1.82, 2.24) is 9.47 Å². The normalized spacial score (nSPS) is 15.0. The monoisotopic (exact) mass is 405 g/mol. The average Bonchev–Trinajstić information content (AvgIpc) is 3.21. The Morgan fingerprint density at radius 1 is 1.00 bits per heavy atom. The van der Waals surface area contributed by atoms with Crippen LogP contribution in [0, 0.1) is 5.82 Å². The smallest absolute Gasteiger partial charge is 0.247 e. The number of carbonyl (C=O) groups excluding carboxylic acids is 2. The van der Waals surface area contributed by atoms with Crippen LogP contribution in [0.4, 0.5) is 10.1 Å². The van der Waals surface area contributed by atoms with Crippen molar-refractivity contribution >= 4 is 17.5 Å². The van der Waals surface area contributed by atoms with E-state index < -0.39 is 6.04 Å². The van der Waals surface area contributed by atoms with Crippen LogP contribution in [0.1, 0.15) is 38.1 Å². The third-order valence-electron chi connectivity index (χ3n) is 5.51. The summed E-state index contributed by atoms with van der Waals surface area (Å²) in [5, 5.41) is 0. The minimum absolute atomic E-state index is 0.0280. The van der Waals surface area contributed by atoms with Crippen LogP contribution in [0.2, 0.25) is 0 Å². The first-order valence-electron chi connectivity index (χ1n) is 10.00. The lowest BCUT2D eigenvalue weighted by Gasteiger charge is -2.39. The Bertz CT molecular complexity index is 1090. The predicted molar refractivity (Wildman–Crippen MR) is 114 cm³/mol. The van der Waals surface area contributed by atoms with Crippen LogP contribution >= 0.6 is 0 Å². The molecule has 0 N–H and O–H groups in total. The van der Waals surface area contributed by atoms with Gasteiger partial charge in [0.25, 0.3) is 0 Å². The summed E-state index contributed by atoms with van der Waals surface area (Å²) in [6.45, 7) is 5.22. The van der Waals surface area contributed by atoms with Crippen molar-refractivity contribution in [1.29, 1.82) is 0 Å². The molecule has 0 bridgehead atoms. The van der Waals surface area contributed by atoms with E-state index in [0.717, 1.165) is 22.6 Å². The lowest BCUT2D eigenvalue weighted by molar-refractivity contribution is -0.135. The van der Waals surface area contributed by atoms with E-state index >= 15 is 0 Å². The van der Waals surface area contributed by atoms with Gasteiger partial charge >= 0.3 is 0 Å². The summed E-state index contributed by atoms with van der Waals surface area (Å²) in [5.74, 6) is -0.663. The van der Waals surface area contributed by atoms with E-state index in [2.05, 4.69) is 4.57 Å². The van der Waals surface area contributed by atoms with Gasteiger partial charge in [-0.1, -0.05) is 24.3 Å². The van der Waals surface area contributed by atoms with E-state index in [-0.39, 0.29) is 30.2 Å². The van der Waals surface area contributed by atoms with Crippen LogP contribution in [0.3, 0.4) is 0 Å². The molecule has 1 aliphatic rings. The molecule has 30 heavy (non-hydrogen) atoms. The molecule has 1 atom stereocenters. The molecule has 0 aliphatic carbocycles. The van der Waals surface area contributed by atoms with Crippen molar-refractivity contribution in [3.05, 3.63) is 83.9 Å². The van der Waals surface area contributed by atoms with E-state index in [4.69, 9.17) is 0 Å². The molecule has 6 heteroatoms. The van der Waals surface area contributed by atoms with Crippen molar-refractivity contribution < 1.29 is 14.0 Å². The van der Waals surface area contributed by atoms with Crippen LogP contribution in [-0.4, -0.2) is 33.9 Å². The molecule has 4 rings (SSSR count). The molecule has 3 aromatic rings. The molecule has 0 saturated carbocycles. The Hall–Kier alpha value is -3.41. The predicted octanol–water partition coefficient (Wildman–Crippen LogP) is 4.31. The van der Waals surface area contributed by atoms with Crippen molar-refractivity contribution in [2.75, 3.05) is 11.4 Å². The Balaban J connectivity index is 1.85. The number of hydrogen-bond acceptors (Lipinski definition) is 2. The SMILES string of the molecule is CC(=O)N(CC(=O)N1c2ccccc2-n2cccc2C1c1ccc(F)cc1)C(C)C. The Kier molecular flexibility index (Phi) is 5.16. The van der Waals surface area contributed by atoms with Gasteiger partial charge in [-0.15, -0.1) is 0 Å². The summed E-state index contributed by atoms with van der Waals surface area (Å²) in [7, 11) is 0. The minimum Gasteiger partial charge on any atom is -0.331 e. The highest BCUT2D eigenvalue weighted by molar-refractivity contribution is 6.00. The number of fused-ring (bicyclic) bond motifs is 3. The number of rotatable bonds is 4. The molecule has 1 aliphatic heterocycles. The van der Waals surface area contributed by atoms with Gasteiger partial charge in [0.1, 0.15) is 18.4 Å². The van der Waals surface area contributed by atoms with Gasteiger partial charge in [-0.05, 0) is 55.8 Å². The van der Waals surface area contributed by atoms with Crippen LogP contribution < -0.4 is 4.90 Å². The molecule has 0 fully saturated rings. The fourth-order valence-electron chi connectivity index (χ4n) is 4.10. The fourth-order valence-corrected chi connectivity index (χ4v) is 4.10. The summed E-state index contributed by atoms with van der Waals surface area (Å²) >= 11 is 0. The average molecular weight is 405 g/mol. The van der Waals surface area contributed by atoms with E-state index in [1.807, 2.05) is 56.4 Å². The molecular formula is C24H24FN3O2. The number of anilines is 1. The molecule has 2 aromatic carbocycles. The quantitative estimate of drug-likeness (QED) is 0.649. The summed E-state index contributed by atoms with van der Waals surface area (Å²) in [4.78, 5) is 29.0. The summed E-state index contributed by atoms with van der Waals surface area (Å²) in [5.41, 5.74) is 3.36. The van der Waals surface area contributed by atoms with E-state index in [0.29, 0.717) is 0 Å². The van der Waals surface area contributed by atoms with Gasteiger partial charge in [-0.2, -0.15) is 0 Å². The summed E-state index contributed by atoms with van der Waals surface area (Å²) < 4.78 is 15.7. The Labute approximate surface area is 175 Å². The summed E-state index contributed by atoms with van der Waals surface area (Å²) in [6.07, 6.45) is 1.96. The third-order valence-corrected chi connectivity index (χ3v) is 5.51. The van der Waals surface area contributed by atoms with Crippen LogP contribution in [0.5, 0.6) is 0 Å². The molecule has 154 valence electrons. The maximum Gasteiger partial charge on any atom is 0.247 e. The number of benzene rings is 2. The van der Waals surface area contributed by atoms with E-state index in [1.54, 1.807) is 21.9 Å². The lowest BCUT2D eigenvalue weighted by atomic mass is 9.97. The summed E-state index contributed by atoms with van der Waals surface area (Å²) in [6, 6.07) is 17.3. The first-order chi connectivity index (χ1) is 14.4. The number of amides is 2. The Morgan fingerprint density at radius 3 is 2.30 bits per heavy atom. The standard InChI is InChI=1S/C24H24FN3O2/c1-16(2)27(17(3)29)15-23(30)28-21-8-5-4-7-20(21)26-14-6-9-22(26)24(28)18-10-12-19(25)13-11-18/h4-14,16,24H,15H2,1-3H3. The molecule has 5 nitrogen and oxygen atoms in total. The number of nitrogens with zero attached hydrogens (tertiary/aromatic N) is 3. The molecule has 1 aromatic heterocycles. The number of hydrogen-bond donors (Lipinski definition) is 0. The van der Waals surface area contributed by atoms with Gasteiger partial charge in [0.2, 0.25) is 11.8 Å². The topological polar surface area (TPSA) is 45.6 Å². The number of halogens is 1. The van der Waals surface area contributed by atoms with Gasteiger partial charge in [0.15, 0.2) is 0 Å². The molecule has 1 unspecified atom stereocenters. The second-order valence-corrected chi connectivity index (χ2v) is 7.75. The highest BCUT2D eigenvalue weighted by Crippen LogP contribution is 2.42. The second kappa shape index (κ2) is 7.78. The first-order valence-corrected chi connectivity index (χ1v) is 10.00. The second-order valence-electron chi connectivity index (χ2n) is 7.75. The lowest BCUT2D eigenvalue weighted by Crippen LogP contribution is -2.48. The van der Waals surface area contributed by atoms with Gasteiger partial charge in [0.05, 0.1) is 17.1 Å². The largest absolute Gasteiger partial charge is 0.331 e. The zero-order valence-electron chi connectivity index (χ0n) is 17.2. The number of para-hydroxylation sites is 2. The maximum absolute atomic E-state index is 13.6. The van der Waals surface area contributed by atoms with Crippen molar-refractivity contribution in [3.63, 3.8) is 0 Å². The molecular weight excluding hydrogens is 381 g/mol. The molecule has 2 amide bonds. The first kappa shape index (κ1) is 19.9. The van der Waals surface area contributed by atoms with E-state index in [9.17, 15) is 14.0 Å². The maximum atomic E-state index is 13.6. The molecule has 0 spiro atoms. The van der Waals surface area contributed by atoms with Crippen molar-refractivity contribution in [2.45, 2.75) is 32.9 Å². The zero-order chi connectivity index (χ0) is 21.4. The van der Waals surface area contributed by atoms with Crippen LogP contribution in [-0.2, 0) is 9.59 Å². The minimum atomic E-state index is -0.427. The van der Waals surface area contributed by atoms with E-state index in [1.165, 1.54) is 19.1 Å². The molecule has 0 saturated heterocycles. The highest BCUT2D eigenvalue weighted by Gasteiger charge is 2.36. The molecule has 0 radical (unpaired) electrons. The van der Waals surface area contributed by atoms with Gasteiger partial charge < -0.3 is 9.47 Å². The highest BCUT2D eigenvalue weighted by atomic mass is 19.1. The third kappa shape index (κ3) is 3.38. The fraction of sp³-hybridized carbons (Fsp3) is 0.250. The van der Waals surface area contributed by atoms with Crippen LogP contribution in [0.25, 0.3) is 5.69 Å². The number of carbonyl (C=O) groups is 2. The van der Waals surface area contributed by atoms with Gasteiger partial charge in [0, 0.05) is 19.2 Å². The number of aromatic nitrogens is 1. The Morgan fingerprint density at radius 2 is 1.67 bits per heavy atom. The molecule has 2 heterocycles. The zero-order valence-corrected chi connectivity index (χ0v) is 17.2. The van der Waals surface area contributed by atoms with Crippen LogP contribution in [0.15, 0.2) is 66.9 Å². The van der Waals surface area contributed by atoms with Crippen molar-refractivity contribution in [3.8, 4) is 5.69 Å². The van der Waals surface area contributed by atoms with Gasteiger partial charge in [-0.3, -0.25) is 14.5 Å².